The van der Waals surface area contributed by atoms with Crippen LogP contribution in [0.2, 0.25) is 0 Å². The fraction of sp³-hybridized carbons (Fsp3) is 0.412. The van der Waals surface area contributed by atoms with Gasteiger partial charge in [0.1, 0.15) is 5.01 Å². The van der Waals surface area contributed by atoms with Gasteiger partial charge in [0.2, 0.25) is 0 Å². The van der Waals surface area contributed by atoms with Crippen molar-refractivity contribution in [2.75, 3.05) is 0 Å². The lowest BCUT2D eigenvalue weighted by atomic mass is 9.96. The maximum Gasteiger partial charge on any atom is 0.339 e. The van der Waals surface area contributed by atoms with Crippen molar-refractivity contribution in [1.82, 2.24) is 15.0 Å². The molecule has 0 saturated heterocycles. The molecule has 2 heterocycles. The highest BCUT2D eigenvalue weighted by Gasteiger charge is 2.17. The summed E-state index contributed by atoms with van der Waals surface area (Å²) in [4.78, 5) is 25.3. The molecule has 2 aromatic rings. The van der Waals surface area contributed by atoms with Crippen molar-refractivity contribution in [1.29, 1.82) is 0 Å². The van der Waals surface area contributed by atoms with Gasteiger partial charge in [-0.2, -0.15) is 0 Å². The Labute approximate surface area is 140 Å². The second kappa shape index (κ2) is 6.58. The fourth-order valence-corrected chi connectivity index (χ4v) is 2.83. The first-order chi connectivity index (χ1) is 10.7. The van der Waals surface area contributed by atoms with Crippen molar-refractivity contribution in [3.63, 3.8) is 0 Å². The smallest absolute Gasteiger partial charge is 0.339 e. The standard InChI is InChI=1S/C17H21N3O2S/c1-10(2)15-11(16(21)22)8-18-13(20-15)6-7-14-19-9-12(23-14)17(3,4)5/h6-10H,1-5H3,(H,21,22). The third-order valence-electron chi connectivity index (χ3n) is 3.25. The summed E-state index contributed by atoms with van der Waals surface area (Å²) in [5.74, 6) is -0.492. The molecule has 0 fully saturated rings. The predicted molar refractivity (Wildman–Crippen MR) is 92.8 cm³/mol. The van der Waals surface area contributed by atoms with Crippen molar-refractivity contribution >= 4 is 29.5 Å². The van der Waals surface area contributed by atoms with Crippen molar-refractivity contribution in [3.8, 4) is 0 Å². The molecular formula is C17H21N3O2S. The summed E-state index contributed by atoms with van der Waals surface area (Å²) in [6.07, 6.45) is 6.88. The van der Waals surface area contributed by atoms with Crippen LogP contribution in [-0.2, 0) is 5.41 Å². The van der Waals surface area contributed by atoms with Crippen molar-refractivity contribution in [2.24, 2.45) is 0 Å². The van der Waals surface area contributed by atoms with Gasteiger partial charge in [0.25, 0.3) is 0 Å². The molecule has 2 aromatic heterocycles. The zero-order valence-corrected chi connectivity index (χ0v) is 14.8. The molecule has 23 heavy (non-hydrogen) atoms. The molecule has 122 valence electrons. The highest BCUT2D eigenvalue weighted by molar-refractivity contribution is 7.12. The molecule has 0 amide bonds. The van der Waals surface area contributed by atoms with Gasteiger partial charge < -0.3 is 5.11 Å². The fourth-order valence-electron chi connectivity index (χ4n) is 1.95. The van der Waals surface area contributed by atoms with Gasteiger partial charge in [-0.1, -0.05) is 34.6 Å². The Hall–Kier alpha value is -2.08. The predicted octanol–water partition coefficient (Wildman–Crippen LogP) is 4.22. The van der Waals surface area contributed by atoms with Gasteiger partial charge >= 0.3 is 5.97 Å². The van der Waals surface area contributed by atoms with Gasteiger partial charge in [0.15, 0.2) is 5.82 Å². The Kier molecular flexibility index (Phi) is 4.94. The number of nitrogens with zero attached hydrogens (tertiary/aromatic N) is 3. The summed E-state index contributed by atoms with van der Waals surface area (Å²) < 4.78 is 0. The van der Waals surface area contributed by atoms with Crippen LogP contribution in [0.3, 0.4) is 0 Å². The second-order valence-electron chi connectivity index (χ2n) is 6.63. The third-order valence-corrected chi connectivity index (χ3v) is 4.64. The van der Waals surface area contributed by atoms with Crippen LogP contribution < -0.4 is 0 Å². The van der Waals surface area contributed by atoms with E-state index in [1.165, 1.54) is 11.1 Å². The summed E-state index contributed by atoms with van der Waals surface area (Å²) in [6.45, 7) is 10.3. The number of aromatic carboxylic acids is 1. The number of carbonyl (C=O) groups is 1. The van der Waals surface area contributed by atoms with Gasteiger partial charge in [-0.25, -0.2) is 19.7 Å². The molecular weight excluding hydrogens is 310 g/mol. The number of hydrogen-bond donors (Lipinski definition) is 1. The maximum absolute atomic E-state index is 11.2. The van der Waals surface area contributed by atoms with Crippen molar-refractivity contribution in [3.05, 3.63) is 39.4 Å². The van der Waals surface area contributed by atoms with E-state index in [0.717, 1.165) is 5.01 Å². The monoisotopic (exact) mass is 331 g/mol. The van der Waals surface area contributed by atoms with Crippen molar-refractivity contribution < 1.29 is 9.90 Å². The van der Waals surface area contributed by atoms with Crippen molar-refractivity contribution in [2.45, 2.75) is 46.0 Å². The molecule has 1 N–H and O–H groups in total. The Balaban J connectivity index is 2.28. The van der Waals surface area contributed by atoms with Crippen LogP contribution in [-0.4, -0.2) is 26.0 Å². The summed E-state index contributed by atoms with van der Waals surface area (Å²) in [7, 11) is 0. The van der Waals surface area contributed by atoms with E-state index >= 15 is 0 Å². The Morgan fingerprint density at radius 2 is 1.91 bits per heavy atom. The number of rotatable bonds is 4. The van der Waals surface area contributed by atoms with Crippen LogP contribution in [0.1, 0.15) is 72.3 Å². The van der Waals surface area contributed by atoms with Crippen LogP contribution in [0.4, 0.5) is 0 Å². The minimum absolute atomic E-state index is 0.0172. The first kappa shape index (κ1) is 17.3. The van der Waals surface area contributed by atoms with E-state index in [0.29, 0.717) is 11.5 Å². The number of carboxylic acid groups (broad SMARTS) is 1. The average Bonchev–Trinajstić information content (AvgIpc) is 2.93. The van der Waals surface area contributed by atoms with E-state index in [1.807, 2.05) is 26.1 Å². The van der Waals surface area contributed by atoms with Gasteiger partial charge in [-0.15, -0.1) is 11.3 Å². The van der Waals surface area contributed by atoms with Gasteiger partial charge in [0.05, 0.1) is 11.3 Å². The summed E-state index contributed by atoms with van der Waals surface area (Å²) in [5, 5.41) is 10.1. The van der Waals surface area contributed by atoms with Gasteiger partial charge in [0, 0.05) is 17.3 Å². The SMILES string of the molecule is CC(C)c1nc(C=Cc2ncc(C(C)(C)C)s2)ncc1C(=O)O. The number of hydrogen-bond acceptors (Lipinski definition) is 5. The molecule has 0 saturated carbocycles. The van der Waals surface area contributed by atoms with Crippen LogP contribution >= 0.6 is 11.3 Å². The summed E-state index contributed by atoms with van der Waals surface area (Å²) >= 11 is 1.63. The van der Waals surface area contributed by atoms with Gasteiger partial charge in [-0.05, 0) is 23.5 Å². The highest BCUT2D eigenvalue weighted by atomic mass is 32.1. The first-order valence-electron chi connectivity index (χ1n) is 7.43. The molecule has 5 nitrogen and oxygen atoms in total. The number of thiazole rings is 1. The molecule has 0 aliphatic heterocycles. The molecule has 0 atom stereocenters. The normalized spacial score (nSPS) is 12.3. The van der Waals surface area contributed by atoms with E-state index in [2.05, 4.69) is 35.7 Å². The van der Waals surface area contributed by atoms with E-state index in [-0.39, 0.29) is 16.9 Å². The van der Waals surface area contributed by atoms with Gasteiger partial charge in [-0.3, -0.25) is 0 Å². The van der Waals surface area contributed by atoms with Crippen LogP contribution in [0.25, 0.3) is 12.2 Å². The topological polar surface area (TPSA) is 76.0 Å². The Morgan fingerprint density at radius 3 is 2.43 bits per heavy atom. The minimum Gasteiger partial charge on any atom is -0.478 e. The zero-order valence-electron chi connectivity index (χ0n) is 14.0. The molecule has 6 heteroatoms. The second-order valence-corrected chi connectivity index (χ2v) is 7.70. The molecule has 0 bridgehead atoms. The summed E-state index contributed by atoms with van der Waals surface area (Å²) in [5.41, 5.74) is 0.775. The molecule has 0 unspecified atom stereocenters. The Morgan fingerprint density at radius 1 is 1.22 bits per heavy atom. The molecule has 0 radical (unpaired) electrons. The van der Waals surface area contributed by atoms with E-state index in [1.54, 1.807) is 17.4 Å². The lowest BCUT2D eigenvalue weighted by Crippen LogP contribution is -2.08. The number of aromatic nitrogens is 3. The third kappa shape index (κ3) is 4.22. The lowest BCUT2D eigenvalue weighted by molar-refractivity contribution is 0.0694. The molecule has 0 aromatic carbocycles. The van der Waals surface area contributed by atoms with E-state index in [4.69, 9.17) is 0 Å². The average molecular weight is 331 g/mol. The molecule has 2 rings (SSSR count). The molecule has 0 aliphatic carbocycles. The summed E-state index contributed by atoms with van der Waals surface area (Å²) in [6, 6.07) is 0. The first-order valence-corrected chi connectivity index (χ1v) is 8.24. The maximum atomic E-state index is 11.2. The zero-order chi connectivity index (χ0) is 17.2. The number of carboxylic acids is 1. The quantitative estimate of drug-likeness (QED) is 0.907. The van der Waals surface area contributed by atoms with Crippen LogP contribution in [0.5, 0.6) is 0 Å². The highest BCUT2D eigenvalue weighted by Crippen LogP contribution is 2.28. The van der Waals surface area contributed by atoms with E-state index < -0.39 is 5.97 Å². The van der Waals surface area contributed by atoms with E-state index in [9.17, 15) is 9.90 Å². The molecule has 0 spiro atoms. The molecule has 0 aliphatic rings. The van der Waals surface area contributed by atoms with Crippen LogP contribution in [0, 0.1) is 0 Å². The Bertz CT molecular complexity index is 743. The largest absolute Gasteiger partial charge is 0.478 e. The van der Waals surface area contributed by atoms with Crippen LogP contribution in [0.15, 0.2) is 12.4 Å². The minimum atomic E-state index is -1.00. The lowest BCUT2D eigenvalue weighted by Gasteiger charge is -2.14.